The van der Waals surface area contributed by atoms with Gasteiger partial charge in [-0.1, -0.05) is 18.2 Å². The van der Waals surface area contributed by atoms with Crippen molar-refractivity contribution in [2.75, 3.05) is 20.3 Å². The van der Waals surface area contributed by atoms with Crippen LogP contribution >= 0.6 is 12.2 Å². The molecule has 3 aromatic rings. The molecule has 4 rings (SSSR count). The number of aliphatic hydroxyl groups is 1. The van der Waals surface area contributed by atoms with Crippen LogP contribution in [0.4, 0.5) is 0 Å². The average Bonchev–Trinajstić information content (AvgIpc) is 3.39. The molecule has 1 aliphatic rings. The van der Waals surface area contributed by atoms with Crippen LogP contribution in [0.25, 0.3) is 11.3 Å². The number of carbonyl (C=O) groups excluding carboxylic acids is 1. The third-order valence-electron chi connectivity index (χ3n) is 5.05. The van der Waals surface area contributed by atoms with Crippen molar-refractivity contribution in [3.05, 3.63) is 77.8 Å². The zero-order chi connectivity index (χ0) is 21.1. The van der Waals surface area contributed by atoms with Gasteiger partial charge in [-0.05, 0) is 48.6 Å². The summed E-state index contributed by atoms with van der Waals surface area (Å²) >= 11 is 5.50. The van der Waals surface area contributed by atoms with Gasteiger partial charge in [-0.3, -0.25) is 4.98 Å². The molecule has 0 radical (unpaired) electrons. The summed E-state index contributed by atoms with van der Waals surface area (Å²) in [6.45, 7) is 0.347. The highest BCUT2D eigenvalue weighted by molar-refractivity contribution is 7.80. The van der Waals surface area contributed by atoms with Crippen LogP contribution < -0.4 is 5.32 Å². The lowest BCUT2D eigenvalue weighted by Gasteiger charge is -2.25. The Hall–Kier alpha value is -3.23. The third-order valence-corrected chi connectivity index (χ3v) is 5.40. The molecule has 3 heterocycles. The quantitative estimate of drug-likeness (QED) is 0.462. The molecule has 0 spiro atoms. The van der Waals surface area contributed by atoms with Crippen molar-refractivity contribution < 1.29 is 19.1 Å². The second-order valence-corrected chi connectivity index (χ2v) is 7.20. The van der Waals surface area contributed by atoms with E-state index in [1.165, 1.54) is 7.11 Å². The predicted molar refractivity (Wildman–Crippen MR) is 115 cm³/mol. The molecule has 2 aromatic heterocycles. The number of aliphatic hydroxyl groups excluding tert-OH is 1. The molecule has 1 fully saturated rings. The number of furan rings is 1. The van der Waals surface area contributed by atoms with E-state index < -0.39 is 0 Å². The Kier molecular flexibility index (Phi) is 5.78. The SMILES string of the molecule is COC(=O)c1ccc(-c2ccc([C@H]3[C@@H](c4ccccn4)NC(=S)N3CCO)o2)cc1. The topological polar surface area (TPSA) is 87.8 Å². The molecule has 1 saturated heterocycles. The van der Waals surface area contributed by atoms with Crippen molar-refractivity contribution in [1.82, 2.24) is 15.2 Å². The minimum Gasteiger partial charge on any atom is -0.465 e. The first-order valence-electron chi connectivity index (χ1n) is 9.50. The molecule has 30 heavy (non-hydrogen) atoms. The molecule has 1 aromatic carbocycles. The number of rotatable bonds is 6. The van der Waals surface area contributed by atoms with Crippen LogP contribution in [0.15, 0.2) is 65.2 Å². The number of methoxy groups -OCH3 is 1. The maximum absolute atomic E-state index is 11.6. The molecule has 8 heteroatoms. The van der Waals surface area contributed by atoms with Crippen LogP contribution in [0.5, 0.6) is 0 Å². The number of carbonyl (C=O) groups is 1. The van der Waals surface area contributed by atoms with Gasteiger partial charge >= 0.3 is 5.97 Å². The summed E-state index contributed by atoms with van der Waals surface area (Å²) in [7, 11) is 1.35. The lowest BCUT2D eigenvalue weighted by Crippen LogP contribution is -2.32. The van der Waals surface area contributed by atoms with E-state index in [4.69, 9.17) is 21.4 Å². The molecule has 0 saturated carbocycles. The van der Waals surface area contributed by atoms with Gasteiger partial charge in [0.1, 0.15) is 17.6 Å². The normalized spacial score (nSPS) is 18.3. The van der Waals surface area contributed by atoms with E-state index in [9.17, 15) is 9.90 Å². The van der Waals surface area contributed by atoms with Crippen LogP contribution in [0, 0.1) is 0 Å². The van der Waals surface area contributed by atoms with Gasteiger partial charge in [-0.15, -0.1) is 0 Å². The van der Waals surface area contributed by atoms with E-state index in [1.807, 2.05) is 47.4 Å². The highest BCUT2D eigenvalue weighted by atomic mass is 32.1. The standard InChI is InChI=1S/C22H21N3O4S/c1-28-21(27)15-7-5-14(6-8-15)17-9-10-18(29-17)20-19(16-4-2-3-11-23-16)24-22(30)25(20)12-13-26/h2-11,19-20,26H,12-13H2,1H3,(H,24,30)/t19-,20+/m1/s1. The fraction of sp³-hybridized carbons (Fsp3) is 0.227. The molecule has 0 unspecified atom stereocenters. The van der Waals surface area contributed by atoms with Gasteiger partial charge in [0.05, 0.1) is 31.0 Å². The minimum absolute atomic E-state index is 0.0319. The van der Waals surface area contributed by atoms with Gasteiger partial charge in [0.2, 0.25) is 0 Å². The summed E-state index contributed by atoms with van der Waals surface area (Å²) in [5, 5.41) is 13.4. The lowest BCUT2D eigenvalue weighted by molar-refractivity contribution is 0.0600. The third kappa shape index (κ3) is 3.79. The summed E-state index contributed by atoms with van der Waals surface area (Å²) in [5.74, 6) is 0.992. The second kappa shape index (κ2) is 8.64. The van der Waals surface area contributed by atoms with Crippen LogP contribution in [0.1, 0.15) is 33.9 Å². The summed E-state index contributed by atoms with van der Waals surface area (Å²) in [4.78, 5) is 18.0. The monoisotopic (exact) mass is 423 g/mol. The number of hydrogen-bond acceptors (Lipinski definition) is 6. The highest BCUT2D eigenvalue weighted by Crippen LogP contribution is 2.40. The molecule has 0 aliphatic carbocycles. The number of nitrogens with zero attached hydrogens (tertiary/aromatic N) is 2. The van der Waals surface area contributed by atoms with Crippen LogP contribution in [-0.4, -0.2) is 46.3 Å². The maximum atomic E-state index is 11.6. The number of ether oxygens (including phenoxy) is 1. The van der Waals surface area contributed by atoms with Crippen molar-refractivity contribution in [1.29, 1.82) is 0 Å². The highest BCUT2D eigenvalue weighted by Gasteiger charge is 2.41. The smallest absolute Gasteiger partial charge is 0.337 e. The number of hydrogen-bond donors (Lipinski definition) is 2. The van der Waals surface area contributed by atoms with Crippen molar-refractivity contribution in [3.63, 3.8) is 0 Å². The van der Waals surface area contributed by atoms with E-state index >= 15 is 0 Å². The first-order valence-corrected chi connectivity index (χ1v) is 9.90. The molecule has 2 N–H and O–H groups in total. The fourth-order valence-corrected chi connectivity index (χ4v) is 3.95. The van der Waals surface area contributed by atoms with Gasteiger partial charge in [-0.2, -0.15) is 0 Å². The summed E-state index contributed by atoms with van der Waals surface area (Å²) in [6, 6.07) is 16.1. The number of thiocarbonyl (C=S) groups is 1. The largest absolute Gasteiger partial charge is 0.465 e. The Labute approximate surface area is 179 Å². The summed E-state index contributed by atoms with van der Waals surface area (Å²) in [6.07, 6.45) is 1.74. The molecule has 1 aliphatic heterocycles. The van der Waals surface area contributed by atoms with E-state index in [2.05, 4.69) is 10.3 Å². The van der Waals surface area contributed by atoms with Gasteiger partial charge in [-0.25, -0.2) is 4.79 Å². The average molecular weight is 423 g/mol. The van der Waals surface area contributed by atoms with E-state index in [0.29, 0.717) is 28.7 Å². The Bertz CT molecular complexity index is 1040. The van der Waals surface area contributed by atoms with E-state index in [0.717, 1.165) is 11.3 Å². The van der Waals surface area contributed by atoms with E-state index in [1.54, 1.807) is 18.3 Å². The molecule has 7 nitrogen and oxygen atoms in total. The Morgan fingerprint density at radius 3 is 2.70 bits per heavy atom. The van der Waals surface area contributed by atoms with Crippen molar-refractivity contribution in [3.8, 4) is 11.3 Å². The van der Waals surface area contributed by atoms with Gasteiger partial charge in [0, 0.05) is 18.3 Å². The fourth-order valence-electron chi connectivity index (χ4n) is 3.62. The number of aromatic nitrogens is 1. The Morgan fingerprint density at radius 1 is 1.23 bits per heavy atom. The number of nitrogens with one attached hydrogen (secondary N) is 1. The first-order chi connectivity index (χ1) is 14.6. The van der Waals surface area contributed by atoms with Gasteiger partial charge in [0.25, 0.3) is 0 Å². The van der Waals surface area contributed by atoms with E-state index in [-0.39, 0.29) is 24.7 Å². The van der Waals surface area contributed by atoms with Crippen LogP contribution in [-0.2, 0) is 4.74 Å². The lowest BCUT2D eigenvalue weighted by atomic mass is 10.0. The molecule has 154 valence electrons. The molecule has 0 amide bonds. The number of pyridine rings is 1. The molecule has 0 bridgehead atoms. The number of benzene rings is 1. The first kappa shape index (κ1) is 20.1. The van der Waals surface area contributed by atoms with Crippen molar-refractivity contribution in [2.45, 2.75) is 12.1 Å². The molecule has 2 atom stereocenters. The molecular weight excluding hydrogens is 402 g/mol. The Morgan fingerprint density at radius 2 is 2.03 bits per heavy atom. The maximum Gasteiger partial charge on any atom is 0.337 e. The van der Waals surface area contributed by atoms with Gasteiger partial charge in [0.15, 0.2) is 5.11 Å². The summed E-state index contributed by atoms with van der Waals surface area (Å²) in [5.41, 5.74) is 2.15. The number of esters is 1. The zero-order valence-corrected chi connectivity index (χ0v) is 17.1. The predicted octanol–water partition coefficient (Wildman–Crippen LogP) is 3.09. The number of β-amino-alcohol motifs (C(OH)–C–C–N with tert-alkyl or cyclic N) is 1. The Balaban J connectivity index is 1.66. The van der Waals surface area contributed by atoms with Crippen LogP contribution in [0.3, 0.4) is 0 Å². The van der Waals surface area contributed by atoms with Gasteiger partial charge < -0.3 is 24.5 Å². The second-order valence-electron chi connectivity index (χ2n) is 6.81. The summed E-state index contributed by atoms with van der Waals surface area (Å²) < 4.78 is 10.9. The molecular formula is C22H21N3O4S. The van der Waals surface area contributed by atoms with Crippen molar-refractivity contribution >= 4 is 23.3 Å². The van der Waals surface area contributed by atoms with Crippen molar-refractivity contribution in [2.24, 2.45) is 0 Å². The zero-order valence-electron chi connectivity index (χ0n) is 16.3. The minimum atomic E-state index is -0.384. The van der Waals surface area contributed by atoms with Crippen LogP contribution in [0.2, 0.25) is 0 Å².